The molecule has 0 saturated heterocycles. The van der Waals surface area contributed by atoms with Crippen molar-refractivity contribution in [2.45, 2.75) is 59.5 Å². The second kappa shape index (κ2) is 7.17. The van der Waals surface area contributed by atoms with E-state index in [-0.39, 0.29) is 29.3 Å². The van der Waals surface area contributed by atoms with E-state index in [0.717, 1.165) is 18.4 Å². The lowest BCUT2D eigenvalue weighted by molar-refractivity contribution is -0.200. The van der Waals surface area contributed by atoms with Crippen LogP contribution in [0.4, 0.5) is 0 Å². The SMILES string of the molecule is CC(=O)OC1CC(C)C(C)(C=Cc2ccoc2)C2CCCC(C(=O)O)C12C. The summed E-state index contributed by atoms with van der Waals surface area (Å²) < 4.78 is 10.9. The van der Waals surface area contributed by atoms with E-state index < -0.39 is 17.3 Å². The van der Waals surface area contributed by atoms with Gasteiger partial charge in [-0.15, -0.1) is 0 Å². The number of carbonyl (C=O) groups is 2. The summed E-state index contributed by atoms with van der Waals surface area (Å²) in [6, 6.07) is 1.91. The molecule has 5 nitrogen and oxygen atoms in total. The Labute approximate surface area is 160 Å². The Morgan fingerprint density at radius 1 is 1.33 bits per heavy atom. The van der Waals surface area contributed by atoms with Crippen molar-refractivity contribution < 1.29 is 23.8 Å². The molecule has 6 atom stereocenters. The smallest absolute Gasteiger partial charge is 0.307 e. The van der Waals surface area contributed by atoms with Gasteiger partial charge >= 0.3 is 11.9 Å². The van der Waals surface area contributed by atoms with E-state index in [1.165, 1.54) is 6.92 Å². The van der Waals surface area contributed by atoms with Gasteiger partial charge in [0.15, 0.2) is 0 Å². The fourth-order valence-corrected chi connectivity index (χ4v) is 5.68. The van der Waals surface area contributed by atoms with Gasteiger partial charge < -0.3 is 14.3 Å². The van der Waals surface area contributed by atoms with Gasteiger partial charge in [0, 0.05) is 17.9 Å². The fraction of sp³-hybridized carbons (Fsp3) is 0.636. The molecule has 0 spiro atoms. The van der Waals surface area contributed by atoms with Crippen LogP contribution < -0.4 is 0 Å². The second-order valence-electron chi connectivity index (χ2n) is 8.73. The summed E-state index contributed by atoms with van der Waals surface area (Å²) in [6.07, 6.45) is 10.4. The number of allylic oxidation sites excluding steroid dienone is 1. The molecule has 0 bridgehead atoms. The number of rotatable bonds is 4. The highest BCUT2D eigenvalue weighted by Crippen LogP contribution is 2.63. The molecular weight excluding hydrogens is 344 g/mol. The van der Waals surface area contributed by atoms with Gasteiger partial charge in [-0.1, -0.05) is 39.3 Å². The number of carboxylic acid groups (broad SMARTS) is 1. The predicted octanol–water partition coefficient (Wildman–Crippen LogP) is 4.78. The van der Waals surface area contributed by atoms with Gasteiger partial charge in [-0.2, -0.15) is 0 Å². The lowest BCUT2D eigenvalue weighted by atomic mass is 9.44. The summed E-state index contributed by atoms with van der Waals surface area (Å²) in [6.45, 7) is 7.85. The number of carbonyl (C=O) groups excluding carboxylic acids is 1. The number of fused-ring (bicyclic) bond motifs is 1. The van der Waals surface area contributed by atoms with Crippen LogP contribution >= 0.6 is 0 Å². The van der Waals surface area contributed by atoms with Crippen molar-refractivity contribution in [2.75, 3.05) is 0 Å². The molecule has 0 aliphatic heterocycles. The van der Waals surface area contributed by atoms with Crippen LogP contribution in [0.15, 0.2) is 29.1 Å². The Balaban J connectivity index is 2.04. The zero-order valence-corrected chi connectivity index (χ0v) is 16.6. The van der Waals surface area contributed by atoms with Crippen molar-refractivity contribution in [1.82, 2.24) is 0 Å². The number of carboxylic acids is 1. The normalized spacial score (nSPS) is 39.1. The van der Waals surface area contributed by atoms with Gasteiger partial charge in [0.05, 0.1) is 18.4 Å². The lowest BCUT2D eigenvalue weighted by Crippen LogP contribution is -2.61. The van der Waals surface area contributed by atoms with Gasteiger partial charge in [0.1, 0.15) is 6.10 Å². The van der Waals surface area contributed by atoms with E-state index in [2.05, 4.69) is 26.0 Å². The van der Waals surface area contributed by atoms with Crippen LogP contribution in [-0.2, 0) is 14.3 Å². The van der Waals surface area contributed by atoms with Crippen LogP contribution in [0.1, 0.15) is 58.9 Å². The maximum absolute atomic E-state index is 12.1. The van der Waals surface area contributed by atoms with E-state index in [1.807, 2.05) is 13.0 Å². The van der Waals surface area contributed by atoms with E-state index in [4.69, 9.17) is 9.15 Å². The maximum atomic E-state index is 12.1. The number of ether oxygens (including phenoxy) is 1. The number of furan rings is 1. The fourth-order valence-electron chi connectivity index (χ4n) is 5.68. The van der Waals surface area contributed by atoms with Gasteiger partial charge in [-0.3, -0.25) is 9.59 Å². The Kier molecular flexibility index (Phi) is 5.24. The summed E-state index contributed by atoms with van der Waals surface area (Å²) >= 11 is 0. The first-order valence-corrected chi connectivity index (χ1v) is 9.81. The zero-order valence-electron chi connectivity index (χ0n) is 16.6. The molecule has 0 radical (unpaired) electrons. The van der Waals surface area contributed by atoms with Gasteiger partial charge in [-0.25, -0.2) is 0 Å². The highest BCUT2D eigenvalue weighted by Gasteiger charge is 2.62. The molecule has 2 fully saturated rings. The third kappa shape index (κ3) is 3.32. The van der Waals surface area contributed by atoms with E-state index >= 15 is 0 Å². The number of esters is 1. The van der Waals surface area contributed by atoms with Crippen molar-refractivity contribution in [3.63, 3.8) is 0 Å². The third-order valence-corrected chi connectivity index (χ3v) is 7.35. The summed E-state index contributed by atoms with van der Waals surface area (Å²) in [7, 11) is 0. The molecule has 27 heavy (non-hydrogen) atoms. The molecule has 2 aliphatic rings. The van der Waals surface area contributed by atoms with Crippen LogP contribution in [0, 0.1) is 28.6 Å². The van der Waals surface area contributed by atoms with Crippen LogP contribution in [-0.4, -0.2) is 23.1 Å². The van der Waals surface area contributed by atoms with Crippen molar-refractivity contribution in [1.29, 1.82) is 0 Å². The largest absolute Gasteiger partial charge is 0.481 e. The summed E-state index contributed by atoms with van der Waals surface area (Å²) in [4.78, 5) is 23.9. The third-order valence-electron chi connectivity index (χ3n) is 7.35. The Bertz CT molecular complexity index is 721. The Morgan fingerprint density at radius 2 is 2.07 bits per heavy atom. The molecule has 5 heteroatoms. The minimum absolute atomic E-state index is 0.121. The molecule has 2 saturated carbocycles. The maximum Gasteiger partial charge on any atom is 0.307 e. The first kappa shape index (κ1) is 19.7. The number of aliphatic carboxylic acids is 1. The standard InChI is InChI=1S/C22H30O5/c1-14-12-19(27-15(2)23)22(4)17(20(24)25)6-5-7-18(22)21(14,3)10-8-16-9-11-26-13-16/h8-11,13-14,17-19H,5-7,12H2,1-4H3,(H,24,25). The molecule has 1 aromatic rings. The van der Waals surface area contributed by atoms with Gasteiger partial charge in [-0.05, 0) is 42.6 Å². The highest BCUT2D eigenvalue weighted by atomic mass is 16.5. The second-order valence-corrected chi connectivity index (χ2v) is 8.73. The summed E-state index contributed by atoms with van der Waals surface area (Å²) in [5.74, 6) is -1.24. The van der Waals surface area contributed by atoms with Crippen LogP contribution in [0.3, 0.4) is 0 Å². The van der Waals surface area contributed by atoms with Gasteiger partial charge in [0.2, 0.25) is 0 Å². The lowest BCUT2D eigenvalue weighted by Gasteiger charge is -2.61. The van der Waals surface area contributed by atoms with Crippen molar-refractivity contribution >= 4 is 18.0 Å². The molecule has 1 aromatic heterocycles. The average Bonchev–Trinajstić information content (AvgIpc) is 3.11. The molecule has 3 rings (SSSR count). The Hall–Kier alpha value is -2.04. The molecule has 1 heterocycles. The first-order chi connectivity index (χ1) is 12.7. The molecule has 0 amide bonds. The van der Waals surface area contributed by atoms with Crippen LogP contribution in [0.5, 0.6) is 0 Å². The van der Waals surface area contributed by atoms with Crippen molar-refractivity contribution in [2.24, 2.45) is 28.6 Å². The van der Waals surface area contributed by atoms with E-state index in [1.54, 1.807) is 12.5 Å². The number of hydrogen-bond donors (Lipinski definition) is 1. The van der Waals surface area contributed by atoms with Crippen molar-refractivity contribution in [3.05, 3.63) is 30.2 Å². The minimum Gasteiger partial charge on any atom is -0.481 e. The van der Waals surface area contributed by atoms with Crippen LogP contribution in [0.25, 0.3) is 6.08 Å². The molecule has 1 N–H and O–H groups in total. The number of hydrogen-bond acceptors (Lipinski definition) is 4. The Morgan fingerprint density at radius 3 is 2.67 bits per heavy atom. The topological polar surface area (TPSA) is 76.7 Å². The minimum atomic E-state index is -0.782. The zero-order chi connectivity index (χ0) is 19.8. The monoisotopic (exact) mass is 374 g/mol. The molecule has 148 valence electrons. The quantitative estimate of drug-likeness (QED) is 0.768. The van der Waals surface area contributed by atoms with E-state index in [9.17, 15) is 14.7 Å². The summed E-state index contributed by atoms with van der Waals surface area (Å²) in [5, 5.41) is 9.94. The highest BCUT2D eigenvalue weighted by molar-refractivity contribution is 5.72. The van der Waals surface area contributed by atoms with Crippen LogP contribution in [0.2, 0.25) is 0 Å². The average molecular weight is 374 g/mol. The molecule has 6 unspecified atom stereocenters. The first-order valence-electron chi connectivity index (χ1n) is 9.81. The molecule has 2 aliphatic carbocycles. The molecular formula is C22H30O5. The van der Waals surface area contributed by atoms with Gasteiger partial charge in [0.25, 0.3) is 0 Å². The predicted molar refractivity (Wildman–Crippen MR) is 102 cm³/mol. The van der Waals surface area contributed by atoms with E-state index in [0.29, 0.717) is 12.8 Å². The molecule has 0 aromatic carbocycles. The summed E-state index contributed by atoms with van der Waals surface area (Å²) in [5.41, 5.74) is 0.229. The van der Waals surface area contributed by atoms with Crippen molar-refractivity contribution in [3.8, 4) is 0 Å².